The average Bonchev–Trinajstić information content (AvgIpc) is 2.69. The van der Waals surface area contributed by atoms with Gasteiger partial charge >= 0.3 is 0 Å². The van der Waals surface area contributed by atoms with E-state index in [0.717, 1.165) is 11.1 Å². The molecular weight excluding hydrogens is 376 g/mol. The molecule has 0 bridgehead atoms. The van der Waals surface area contributed by atoms with Crippen molar-refractivity contribution in [2.45, 2.75) is 13.1 Å². The number of hydrogen-bond acceptors (Lipinski definition) is 2. The molecule has 0 unspecified atom stereocenters. The largest absolute Gasteiger partial charge is 0.340 e. The van der Waals surface area contributed by atoms with Crippen molar-refractivity contribution in [3.8, 4) is 0 Å². The van der Waals surface area contributed by atoms with Crippen molar-refractivity contribution in [3.05, 3.63) is 107 Å². The van der Waals surface area contributed by atoms with Crippen molar-refractivity contribution in [1.82, 2.24) is 10.2 Å². The number of carbonyl (C=O) groups excluding carboxylic acids is 1. The van der Waals surface area contributed by atoms with E-state index in [9.17, 15) is 4.79 Å². The molecule has 0 heterocycles. The number of hydrogen-bond donors (Lipinski definition) is 1. The third-order valence-corrected chi connectivity index (χ3v) is 4.75. The average molecular weight is 395 g/mol. The van der Waals surface area contributed by atoms with E-state index in [2.05, 4.69) is 5.32 Å². The summed E-state index contributed by atoms with van der Waals surface area (Å²) >= 11 is 11.7. The Labute approximate surface area is 169 Å². The van der Waals surface area contributed by atoms with Crippen LogP contribution in [0.1, 0.15) is 21.5 Å². The van der Waals surface area contributed by atoms with Crippen molar-refractivity contribution < 1.29 is 4.79 Å². The summed E-state index contributed by atoms with van der Waals surface area (Å²) in [6.07, 6.45) is 0. The molecule has 0 aliphatic rings. The fraction of sp³-hybridized carbons (Fsp3) is 0.0909. The van der Waals surface area contributed by atoms with E-state index in [1.807, 2.05) is 65.6 Å². The molecule has 0 aromatic heterocycles. The molecular formula is C22H19ClN2OS. The van der Waals surface area contributed by atoms with Crippen LogP contribution in [0.3, 0.4) is 0 Å². The monoisotopic (exact) mass is 394 g/mol. The lowest BCUT2D eigenvalue weighted by Gasteiger charge is -2.26. The summed E-state index contributed by atoms with van der Waals surface area (Å²) in [5.41, 5.74) is 2.63. The van der Waals surface area contributed by atoms with Gasteiger partial charge < -0.3 is 4.90 Å². The van der Waals surface area contributed by atoms with E-state index in [-0.39, 0.29) is 5.91 Å². The summed E-state index contributed by atoms with van der Waals surface area (Å²) < 4.78 is 0. The fourth-order valence-corrected chi connectivity index (χ4v) is 3.14. The van der Waals surface area contributed by atoms with Crippen molar-refractivity contribution in [2.75, 3.05) is 0 Å². The molecule has 3 nitrogen and oxygen atoms in total. The molecule has 0 radical (unpaired) electrons. The van der Waals surface area contributed by atoms with Gasteiger partial charge in [0.1, 0.15) is 0 Å². The molecule has 0 fully saturated rings. The third kappa shape index (κ3) is 5.39. The number of benzene rings is 3. The lowest BCUT2D eigenvalue weighted by Crippen LogP contribution is -2.42. The summed E-state index contributed by atoms with van der Waals surface area (Å²) in [7, 11) is 0. The van der Waals surface area contributed by atoms with Crippen LogP contribution in [0.4, 0.5) is 0 Å². The Kier molecular flexibility index (Phi) is 6.58. The van der Waals surface area contributed by atoms with E-state index in [1.165, 1.54) is 0 Å². The van der Waals surface area contributed by atoms with E-state index >= 15 is 0 Å². The molecule has 0 saturated heterocycles. The summed E-state index contributed by atoms with van der Waals surface area (Å²) in [4.78, 5) is 14.5. The summed E-state index contributed by atoms with van der Waals surface area (Å²) in [6, 6.07) is 27.0. The van der Waals surface area contributed by atoms with Crippen LogP contribution in [0.5, 0.6) is 0 Å². The molecule has 3 rings (SSSR count). The Bertz CT molecular complexity index is 874. The number of carbonyl (C=O) groups is 1. The number of thiocarbonyl (C=S) groups is 1. The molecule has 0 spiro atoms. The number of halogens is 1. The Balaban J connectivity index is 1.77. The summed E-state index contributed by atoms with van der Waals surface area (Å²) in [5, 5.41) is 3.58. The lowest BCUT2D eigenvalue weighted by molar-refractivity contribution is 0.0972. The summed E-state index contributed by atoms with van der Waals surface area (Å²) in [5.74, 6) is -0.309. The van der Waals surface area contributed by atoms with Crippen molar-refractivity contribution in [3.63, 3.8) is 0 Å². The lowest BCUT2D eigenvalue weighted by atomic mass is 10.2. The van der Waals surface area contributed by atoms with Crippen molar-refractivity contribution in [2.24, 2.45) is 0 Å². The highest BCUT2D eigenvalue weighted by molar-refractivity contribution is 7.80. The topological polar surface area (TPSA) is 32.3 Å². The standard InChI is InChI=1S/C22H19ClN2OS/c23-20-14-8-7-13-19(20)21(26)24-22(27)25(15-17-9-3-1-4-10-17)16-18-11-5-2-6-12-18/h1-14H,15-16H2,(H,24,26,27). The Hall–Kier alpha value is -2.69. The van der Waals surface area contributed by atoms with Gasteiger partial charge in [0, 0.05) is 13.1 Å². The zero-order chi connectivity index (χ0) is 19.1. The van der Waals surface area contributed by atoms with Crippen LogP contribution in [0, 0.1) is 0 Å². The van der Waals surface area contributed by atoms with Gasteiger partial charge in [0.25, 0.3) is 5.91 Å². The van der Waals surface area contributed by atoms with Gasteiger partial charge in [0.2, 0.25) is 0 Å². The van der Waals surface area contributed by atoms with Gasteiger partial charge in [-0.2, -0.15) is 0 Å². The van der Waals surface area contributed by atoms with Crippen molar-refractivity contribution >= 4 is 34.8 Å². The van der Waals surface area contributed by atoms with Crippen LogP contribution in [-0.4, -0.2) is 15.9 Å². The Morgan fingerprint density at radius 3 is 1.81 bits per heavy atom. The molecule has 1 amide bonds. The van der Waals surface area contributed by atoms with Gasteiger partial charge in [-0.3, -0.25) is 10.1 Å². The Morgan fingerprint density at radius 2 is 1.30 bits per heavy atom. The van der Waals surface area contributed by atoms with E-state index < -0.39 is 0 Å². The second-order valence-corrected chi connectivity index (χ2v) is 6.86. The SMILES string of the molecule is O=C(NC(=S)N(Cc1ccccc1)Cc1ccccc1)c1ccccc1Cl. The van der Waals surface area contributed by atoms with Gasteiger partial charge in [-0.1, -0.05) is 84.4 Å². The van der Waals surface area contributed by atoms with Gasteiger partial charge in [-0.05, 0) is 35.5 Å². The van der Waals surface area contributed by atoms with Gasteiger partial charge in [0.05, 0.1) is 10.6 Å². The molecule has 5 heteroatoms. The maximum atomic E-state index is 12.6. The van der Waals surface area contributed by atoms with Crippen LogP contribution >= 0.6 is 23.8 Å². The molecule has 3 aromatic rings. The normalized spacial score (nSPS) is 10.3. The Morgan fingerprint density at radius 1 is 0.815 bits per heavy atom. The van der Waals surface area contributed by atoms with Crippen LogP contribution in [0.15, 0.2) is 84.9 Å². The number of nitrogens with one attached hydrogen (secondary N) is 1. The smallest absolute Gasteiger partial charge is 0.258 e. The number of rotatable bonds is 5. The zero-order valence-corrected chi connectivity index (χ0v) is 16.2. The highest BCUT2D eigenvalue weighted by Crippen LogP contribution is 2.15. The second kappa shape index (κ2) is 9.31. The van der Waals surface area contributed by atoms with Gasteiger partial charge in [-0.15, -0.1) is 0 Å². The molecule has 0 atom stereocenters. The minimum Gasteiger partial charge on any atom is -0.340 e. The first-order chi connectivity index (χ1) is 13.1. The summed E-state index contributed by atoms with van der Waals surface area (Å²) in [6.45, 7) is 1.19. The van der Waals surface area contributed by atoms with Gasteiger partial charge in [0.15, 0.2) is 5.11 Å². The molecule has 3 aromatic carbocycles. The molecule has 136 valence electrons. The molecule has 1 N–H and O–H groups in total. The fourth-order valence-electron chi connectivity index (χ4n) is 2.70. The van der Waals surface area contributed by atoms with E-state index in [0.29, 0.717) is 28.8 Å². The highest BCUT2D eigenvalue weighted by atomic mass is 35.5. The molecule has 0 saturated carbocycles. The van der Waals surface area contributed by atoms with Gasteiger partial charge in [-0.25, -0.2) is 0 Å². The number of amides is 1. The highest BCUT2D eigenvalue weighted by Gasteiger charge is 2.16. The van der Waals surface area contributed by atoms with Crippen LogP contribution < -0.4 is 5.32 Å². The molecule has 27 heavy (non-hydrogen) atoms. The van der Waals surface area contributed by atoms with Crippen LogP contribution in [-0.2, 0) is 13.1 Å². The second-order valence-electron chi connectivity index (χ2n) is 6.07. The van der Waals surface area contributed by atoms with Crippen LogP contribution in [0.25, 0.3) is 0 Å². The predicted molar refractivity (Wildman–Crippen MR) is 114 cm³/mol. The minimum absolute atomic E-state index is 0.309. The first kappa shape index (κ1) is 19.1. The minimum atomic E-state index is -0.309. The maximum absolute atomic E-state index is 12.6. The van der Waals surface area contributed by atoms with E-state index in [1.54, 1.807) is 24.3 Å². The molecule has 0 aliphatic carbocycles. The van der Waals surface area contributed by atoms with Crippen LogP contribution in [0.2, 0.25) is 5.02 Å². The maximum Gasteiger partial charge on any atom is 0.258 e. The van der Waals surface area contributed by atoms with Crippen molar-refractivity contribution in [1.29, 1.82) is 0 Å². The third-order valence-electron chi connectivity index (χ3n) is 4.06. The van der Waals surface area contributed by atoms with E-state index in [4.69, 9.17) is 23.8 Å². The first-order valence-corrected chi connectivity index (χ1v) is 9.35. The number of nitrogens with zero attached hydrogens (tertiary/aromatic N) is 1. The zero-order valence-electron chi connectivity index (χ0n) is 14.6. The first-order valence-electron chi connectivity index (χ1n) is 8.56. The molecule has 0 aliphatic heterocycles. The predicted octanol–water partition coefficient (Wildman–Crippen LogP) is 5.06. The quantitative estimate of drug-likeness (QED) is 0.614.